The first-order valence-electron chi connectivity index (χ1n) is 6.34. The van der Waals surface area contributed by atoms with Gasteiger partial charge in [-0.2, -0.15) is 5.21 Å². The third-order valence-corrected chi connectivity index (χ3v) is 3.56. The Hall–Kier alpha value is -2.38. The van der Waals surface area contributed by atoms with Crippen LogP contribution in [0.5, 0.6) is 0 Å². The predicted octanol–water partition coefficient (Wildman–Crippen LogP) is 0.206. The Bertz CT molecular complexity index is 637. The molecule has 0 saturated carbocycles. The van der Waals surface area contributed by atoms with E-state index in [0.29, 0.717) is 11.3 Å². The first kappa shape index (κ1) is 15.0. The Morgan fingerprint density at radius 2 is 1.86 bits per heavy atom. The fraction of sp³-hybridized carbons (Fsp3) is 0.286. The van der Waals surface area contributed by atoms with Crippen molar-refractivity contribution in [1.29, 1.82) is 0 Å². The molecule has 7 heteroatoms. The topological polar surface area (TPSA) is 115 Å². The number of ketones is 1. The average Bonchev–Trinajstić information content (AvgIpc) is 2.67. The number of carbonyl (C=O) groups excluding carboxylic acids is 4. The number of nitrogens with zero attached hydrogens (tertiary/aromatic N) is 1. The normalized spacial score (nSPS) is 25.1. The van der Waals surface area contributed by atoms with Gasteiger partial charge in [-0.15, -0.1) is 0 Å². The molecule has 110 valence electrons. The summed E-state index contributed by atoms with van der Waals surface area (Å²) < 4.78 is -1.92. The molecule has 2 atom stereocenters. The van der Waals surface area contributed by atoms with Crippen molar-refractivity contribution in [1.82, 2.24) is 0 Å². The average molecular weight is 291 g/mol. The molecular formula is C14H15N2O5+. The summed E-state index contributed by atoms with van der Waals surface area (Å²) in [5, 5.41) is 9.85. The second-order valence-electron chi connectivity index (χ2n) is 5.03. The number of imide groups is 3. The molecule has 0 radical (unpaired) electrons. The maximum absolute atomic E-state index is 12.1. The molecule has 1 saturated heterocycles. The number of rotatable bonds is 3. The van der Waals surface area contributed by atoms with Crippen molar-refractivity contribution >= 4 is 29.2 Å². The van der Waals surface area contributed by atoms with E-state index in [9.17, 15) is 24.4 Å². The molecule has 0 bridgehead atoms. The van der Waals surface area contributed by atoms with E-state index in [1.165, 1.54) is 0 Å². The minimum Gasteiger partial charge on any atom is -0.399 e. The Morgan fingerprint density at radius 3 is 2.33 bits per heavy atom. The second kappa shape index (κ2) is 5.19. The van der Waals surface area contributed by atoms with Gasteiger partial charge in [0.15, 0.2) is 11.7 Å². The van der Waals surface area contributed by atoms with Crippen LogP contribution in [0.4, 0.5) is 5.69 Å². The fourth-order valence-corrected chi connectivity index (χ4v) is 2.28. The van der Waals surface area contributed by atoms with E-state index in [1.807, 2.05) is 0 Å². The summed E-state index contributed by atoms with van der Waals surface area (Å²) in [7, 11) is 0. The van der Waals surface area contributed by atoms with Crippen molar-refractivity contribution in [3.63, 3.8) is 0 Å². The third-order valence-electron chi connectivity index (χ3n) is 3.56. The summed E-state index contributed by atoms with van der Waals surface area (Å²) in [6.45, 7) is 0.933. The number of Topliss-reactive ketones (excluding diaryl/α,β-unsaturated/α-hetero) is 1. The van der Waals surface area contributed by atoms with Gasteiger partial charge in [0.25, 0.3) is 0 Å². The van der Waals surface area contributed by atoms with Gasteiger partial charge in [0.2, 0.25) is 0 Å². The van der Waals surface area contributed by atoms with E-state index in [2.05, 4.69) is 0 Å². The third kappa shape index (κ3) is 2.48. The number of hydrogen-bond donors (Lipinski definition) is 2. The second-order valence-corrected chi connectivity index (χ2v) is 5.03. The number of hydrogen-bond acceptors (Lipinski definition) is 6. The van der Waals surface area contributed by atoms with Crippen LogP contribution in [0.2, 0.25) is 0 Å². The molecule has 0 aliphatic carbocycles. The summed E-state index contributed by atoms with van der Waals surface area (Å²) in [6, 6.07) is 6.51. The summed E-state index contributed by atoms with van der Waals surface area (Å²) in [4.78, 5) is 47.1. The van der Waals surface area contributed by atoms with Crippen LogP contribution in [0, 0.1) is 5.92 Å². The molecule has 1 aliphatic heterocycles. The zero-order valence-electron chi connectivity index (χ0n) is 11.4. The van der Waals surface area contributed by atoms with Crippen LogP contribution in [0.1, 0.15) is 18.9 Å². The van der Waals surface area contributed by atoms with Crippen LogP contribution in [-0.4, -0.2) is 33.4 Å². The number of hydroxylamine groups is 3. The highest BCUT2D eigenvalue weighted by atomic mass is 16.6. The van der Waals surface area contributed by atoms with E-state index < -0.39 is 40.5 Å². The fourth-order valence-electron chi connectivity index (χ4n) is 2.28. The summed E-state index contributed by atoms with van der Waals surface area (Å²) in [5.74, 6) is -4.85. The largest absolute Gasteiger partial charge is 0.399 e. The number of nitrogen functional groups attached to an aromatic ring is 1. The highest BCUT2D eigenvalue weighted by molar-refractivity contribution is 6.12. The number of anilines is 1. The Morgan fingerprint density at radius 1 is 1.29 bits per heavy atom. The van der Waals surface area contributed by atoms with E-state index >= 15 is 0 Å². The van der Waals surface area contributed by atoms with E-state index in [0.717, 1.165) is 6.92 Å². The smallest absolute Gasteiger partial charge is 0.372 e. The van der Waals surface area contributed by atoms with Gasteiger partial charge in [-0.05, 0) is 17.7 Å². The minimum atomic E-state index is -1.92. The predicted molar refractivity (Wildman–Crippen MR) is 70.4 cm³/mol. The monoisotopic (exact) mass is 291 g/mol. The molecule has 21 heavy (non-hydrogen) atoms. The molecule has 0 spiro atoms. The van der Waals surface area contributed by atoms with E-state index in [1.54, 1.807) is 24.3 Å². The molecule has 3 N–H and O–H groups in total. The van der Waals surface area contributed by atoms with Gasteiger partial charge in [-0.25, -0.2) is 14.4 Å². The van der Waals surface area contributed by atoms with Gasteiger partial charge >= 0.3 is 17.7 Å². The van der Waals surface area contributed by atoms with Crippen LogP contribution in [0.25, 0.3) is 0 Å². The van der Waals surface area contributed by atoms with Gasteiger partial charge in [0.1, 0.15) is 0 Å². The summed E-state index contributed by atoms with van der Waals surface area (Å²) >= 11 is 0. The van der Waals surface area contributed by atoms with Crippen molar-refractivity contribution in [2.24, 2.45) is 5.92 Å². The maximum Gasteiger partial charge on any atom is 0.372 e. The highest BCUT2D eigenvalue weighted by Crippen LogP contribution is 2.27. The lowest BCUT2D eigenvalue weighted by Crippen LogP contribution is -2.54. The lowest BCUT2D eigenvalue weighted by molar-refractivity contribution is -0.905. The van der Waals surface area contributed by atoms with Gasteiger partial charge in [-0.1, -0.05) is 12.1 Å². The Kier molecular flexibility index (Phi) is 3.71. The van der Waals surface area contributed by atoms with Gasteiger partial charge in [-0.3, -0.25) is 4.79 Å². The molecule has 1 heterocycles. The first-order valence-corrected chi connectivity index (χ1v) is 6.34. The molecule has 0 aromatic heterocycles. The van der Waals surface area contributed by atoms with Gasteiger partial charge < -0.3 is 5.73 Å². The number of carbonyl (C=O) groups is 4. The van der Waals surface area contributed by atoms with Crippen LogP contribution in [-0.2, 0) is 25.6 Å². The van der Waals surface area contributed by atoms with Gasteiger partial charge in [0, 0.05) is 16.8 Å². The molecule has 2 rings (SSSR count). The maximum atomic E-state index is 12.1. The van der Waals surface area contributed by atoms with Crippen molar-refractivity contribution in [2.45, 2.75) is 19.8 Å². The van der Waals surface area contributed by atoms with Crippen LogP contribution in [0.15, 0.2) is 24.3 Å². The zero-order valence-corrected chi connectivity index (χ0v) is 11.4. The number of amides is 3. The molecular weight excluding hydrogens is 276 g/mol. The van der Waals surface area contributed by atoms with Crippen molar-refractivity contribution in [3.8, 4) is 0 Å². The lowest BCUT2D eigenvalue weighted by Gasteiger charge is -2.14. The first-order chi connectivity index (χ1) is 9.76. The van der Waals surface area contributed by atoms with Crippen molar-refractivity contribution < 1.29 is 29.0 Å². The number of quaternary nitrogens is 1. The minimum absolute atomic E-state index is 0.0676. The molecule has 1 fully saturated rings. The standard InChI is InChI=1S/C14H15N2O5/c1-8(17)16(21)13(19)7-11(14(16)20)12(18)6-9-2-4-10(15)5-3-9/h2-5,11,21H,6-7,15H2,1H3/q+1. The van der Waals surface area contributed by atoms with Crippen LogP contribution in [0.3, 0.4) is 0 Å². The van der Waals surface area contributed by atoms with Gasteiger partial charge in [0.05, 0.1) is 13.3 Å². The quantitative estimate of drug-likeness (QED) is 0.270. The summed E-state index contributed by atoms with van der Waals surface area (Å²) in [5.41, 5.74) is 6.71. The van der Waals surface area contributed by atoms with Crippen LogP contribution < -0.4 is 5.73 Å². The summed E-state index contributed by atoms with van der Waals surface area (Å²) in [6.07, 6.45) is -0.523. The molecule has 7 nitrogen and oxygen atoms in total. The van der Waals surface area contributed by atoms with E-state index in [-0.39, 0.29) is 6.42 Å². The number of benzene rings is 1. The van der Waals surface area contributed by atoms with Crippen molar-refractivity contribution in [2.75, 3.05) is 5.73 Å². The molecule has 1 aromatic rings. The Balaban J connectivity index is 2.18. The molecule has 3 amide bonds. The lowest BCUT2D eigenvalue weighted by atomic mass is 9.96. The molecule has 2 unspecified atom stereocenters. The number of likely N-dealkylation sites (tertiary alicyclic amines) is 1. The molecule has 1 aromatic carbocycles. The SMILES string of the molecule is CC(=O)[N+]1(O)C(=O)CC(C(=O)Cc2ccc(N)cc2)C1=O. The highest BCUT2D eigenvalue weighted by Gasteiger charge is 2.61. The van der Waals surface area contributed by atoms with Crippen LogP contribution >= 0.6 is 0 Å². The molecule has 1 aliphatic rings. The zero-order chi connectivity index (χ0) is 15.8. The number of nitrogens with two attached hydrogens (primary N) is 1. The van der Waals surface area contributed by atoms with E-state index in [4.69, 9.17) is 5.73 Å². The Labute approximate surface area is 120 Å². The van der Waals surface area contributed by atoms with Crippen molar-refractivity contribution in [3.05, 3.63) is 29.8 Å².